The van der Waals surface area contributed by atoms with Crippen molar-refractivity contribution in [1.82, 2.24) is 20.1 Å². The Morgan fingerprint density at radius 1 is 1.10 bits per heavy atom. The number of piperidine rings is 1. The Kier molecular flexibility index (Phi) is 12.8. The summed E-state index contributed by atoms with van der Waals surface area (Å²) in [6.07, 6.45) is -2.66. The molecule has 3 aliphatic rings. The van der Waals surface area contributed by atoms with Gasteiger partial charge in [-0.25, -0.2) is 4.98 Å². The number of carbonyl (C=O) groups is 4. The number of rotatable bonds is 12. The van der Waals surface area contributed by atoms with Gasteiger partial charge in [0.1, 0.15) is 30.0 Å². The maximum absolute atomic E-state index is 13.7. The summed E-state index contributed by atoms with van der Waals surface area (Å²) in [6, 6.07) is 11.5. The first-order valence-corrected chi connectivity index (χ1v) is 19.8. The van der Waals surface area contributed by atoms with Gasteiger partial charge in [0.2, 0.25) is 17.7 Å². The van der Waals surface area contributed by atoms with Crippen molar-refractivity contribution in [1.29, 1.82) is 5.26 Å². The number of aryl methyl sites for hydroxylation is 1. The molecule has 4 heterocycles. The first kappa shape index (κ1) is 43.2. The number of nitrogens with one attached hydrogen (secondary N) is 3. The first-order valence-electron chi connectivity index (χ1n) is 19.0. The lowest BCUT2D eigenvalue weighted by Gasteiger charge is -2.37. The fraction of sp³-hybridized carbons (Fsp3) is 0.425. The highest BCUT2D eigenvalue weighted by atomic mass is 35.5. The number of hydrogen-bond acceptors (Lipinski definition) is 11. The van der Waals surface area contributed by atoms with Gasteiger partial charge in [0.25, 0.3) is 5.91 Å². The van der Waals surface area contributed by atoms with E-state index in [2.05, 4.69) is 30.7 Å². The lowest BCUT2D eigenvalue weighted by Crippen LogP contribution is -2.53. The Morgan fingerprint density at radius 2 is 1.81 bits per heavy atom. The van der Waals surface area contributed by atoms with Crippen LogP contribution in [0.5, 0.6) is 5.75 Å². The van der Waals surface area contributed by atoms with Crippen LogP contribution in [0, 0.1) is 11.3 Å². The molecule has 0 bridgehead atoms. The topological polar surface area (TPSA) is 163 Å². The SMILES string of the molecule is CCc1cc(N2C(=S)N(c3cnc(C#N)c(C(F)(F)F)c3)C(=O)C2(C)C)ccc1OCCN1CCN(C(C)C(=O)Nc2cc(Cl)cc(NC3CCC(=O)NC3=O)c2)CC1. The van der Waals surface area contributed by atoms with E-state index in [1.807, 2.05) is 19.9 Å². The fourth-order valence-electron chi connectivity index (χ4n) is 7.31. The number of nitriles is 1. The molecule has 3 N–H and O–H groups in total. The number of piperazine rings is 1. The standard InChI is InChI=1S/C40H43ClF3N9O5S/c1-5-24-16-28(53-38(59)52(37(57)39(53,3)4)29-20-30(40(42,43)44)32(21-45)46-22-29)6-8-33(24)58-15-14-50-10-12-51(13-11-50)23(2)35(55)48-27-18-25(41)17-26(19-27)47-31-7-9-34(54)49-36(31)56/h6,8,16-20,22-23,31,47H,5,7,9-15H2,1-4H3,(H,48,55)(H,49,54,56). The van der Waals surface area contributed by atoms with Crippen LogP contribution in [0.1, 0.15) is 57.4 Å². The van der Waals surface area contributed by atoms with Gasteiger partial charge in [-0.05, 0) is 93.9 Å². The second-order valence-corrected chi connectivity index (χ2v) is 15.7. The molecule has 3 fully saturated rings. The summed E-state index contributed by atoms with van der Waals surface area (Å²) >= 11 is 12.0. The molecule has 4 amide bonds. The van der Waals surface area contributed by atoms with Gasteiger partial charge < -0.3 is 20.3 Å². The van der Waals surface area contributed by atoms with Crippen LogP contribution in [-0.2, 0) is 31.8 Å². The highest BCUT2D eigenvalue weighted by Gasteiger charge is 2.51. The van der Waals surface area contributed by atoms with Crippen LogP contribution in [0.2, 0.25) is 5.02 Å². The summed E-state index contributed by atoms with van der Waals surface area (Å²) < 4.78 is 47.4. The molecule has 6 rings (SSSR count). The van der Waals surface area contributed by atoms with Gasteiger partial charge in [0, 0.05) is 61.2 Å². The summed E-state index contributed by atoms with van der Waals surface area (Å²) in [4.78, 5) is 61.3. The normalized spacial score (nSPS) is 19.3. The predicted molar refractivity (Wildman–Crippen MR) is 219 cm³/mol. The number of pyridine rings is 1. The lowest BCUT2D eigenvalue weighted by atomic mass is 10.0. The van der Waals surface area contributed by atoms with E-state index < -0.39 is 46.9 Å². The zero-order valence-corrected chi connectivity index (χ0v) is 34.4. The second-order valence-electron chi connectivity index (χ2n) is 14.9. The van der Waals surface area contributed by atoms with Crippen molar-refractivity contribution in [2.45, 2.75) is 70.8 Å². The van der Waals surface area contributed by atoms with E-state index in [9.17, 15) is 37.6 Å². The number of nitrogens with zero attached hydrogens (tertiary/aromatic N) is 6. The molecule has 2 atom stereocenters. The third kappa shape index (κ3) is 9.43. The minimum atomic E-state index is -4.86. The molecule has 0 spiro atoms. The zero-order valence-electron chi connectivity index (χ0n) is 32.8. The highest BCUT2D eigenvalue weighted by Crippen LogP contribution is 2.40. The van der Waals surface area contributed by atoms with E-state index >= 15 is 0 Å². The van der Waals surface area contributed by atoms with E-state index in [4.69, 9.17) is 28.6 Å². The first-order chi connectivity index (χ1) is 27.9. The molecule has 3 saturated heterocycles. The van der Waals surface area contributed by atoms with Crippen LogP contribution in [0.25, 0.3) is 0 Å². The van der Waals surface area contributed by atoms with E-state index in [0.29, 0.717) is 86.1 Å². The molecule has 2 unspecified atom stereocenters. The summed E-state index contributed by atoms with van der Waals surface area (Å²) in [5.41, 5.74) is -1.08. The van der Waals surface area contributed by atoms with Crippen molar-refractivity contribution in [3.63, 3.8) is 0 Å². The quantitative estimate of drug-likeness (QED) is 0.159. The van der Waals surface area contributed by atoms with Gasteiger partial charge in [0.15, 0.2) is 10.8 Å². The van der Waals surface area contributed by atoms with Gasteiger partial charge in [-0.1, -0.05) is 18.5 Å². The number of anilines is 4. The molecule has 0 saturated carbocycles. The van der Waals surface area contributed by atoms with Crippen molar-refractivity contribution in [3.05, 3.63) is 70.5 Å². The summed E-state index contributed by atoms with van der Waals surface area (Å²) in [6.45, 7) is 10.8. The number of alkyl halides is 3. The Balaban J connectivity index is 1.02. The minimum absolute atomic E-state index is 0.0285. The van der Waals surface area contributed by atoms with Crippen LogP contribution >= 0.6 is 23.8 Å². The van der Waals surface area contributed by atoms with Crippen LogP contribution in [0.3, 0.4) is 0 Å². The molecule has 1 aromatic heterocycles. The van der Waals surface area contributed by atoms with Crippen LogP contribution in [0.4, 0.5) is 35.9 Å². The molecule has 312 valence electrons. The minimum Gasteiger partial charge on any atom is -0.492 e. The van der Waals surface area contributed by atoms with Crippen molar-refractivity contribution in [2.75, 3.05) is 59.8 Å². The van der Waals surface area contributed by atoms with Crippen molar-refractivity contribution >= 4 is 75.3 Å². The number of thiocarbonyl (C=S) groups is 1. The van der Waals surface area contributed by atoms with Crippen LogP contribution in [-0.4, -0.2) is 100 Å². The summed E-state index contributed by atoms with van der Waals surface area (Å²) in [7, 11) is 0. The number of halogens is 4. The molecular weight excluding hydrogens is 811 g/mol. The monoisotopic (exact) mass is 853 g/mol. The van der Waals surface area contributed by atoms with Crippen molar-refractivity contribution in [2.24, 2.45) is 0 Å². The Bertz CT molecular complexity index is 2210. The third-order valence-corrected chi connectivity index (χ3v) is 11.2. The number of amides is 4. The molecule has 14 nitrogen and oxygen atoms in total. The smallest absolute Gasteiger partial charge is 0.419 e. The largest absolute Gasteiger partial charge is 0.492 e. The molecule has 19 heteroatoms. The fourth-order valence-corrected chi connectivity index (χ4v) is 8.07. The second kappa shape index (κ2) is 17.5. The Hall–Kier alpha value is -5.35. The molecule has 0 radical (unpaired) electrons. The summed E-state index contributed by atoms with van der Waals surface area (Å²) in [5.74, 6) is -0.829. The molecule has 0 aliphatic carbocycles. The molecule has 3 aliphatic heterocycles. The highest BCUT2D eigenvalue weighted by molar-refractivity contribution is 7.81. The Labute approximate surface area is 349 Å². The summed E-state index contributed by atoms with van der Waals surface area (Å²) in [5, 5.41) is 17.8. The maximum atomic E-state index is 13.7. The molecular formula is C40H43ClF3N9O5S. The maximum Gasteiger partial charge on any atom is 0.419 e. The number of imide groups is 1. The molecule has 3 aromatic rings. The average Bonchev–Trinajstić information content (AvgIpc) is 3.36. The number of benzene rings is 2. The van der Waals surface area contributed by atoms with E-state index in [1.165, 1.54) is 6.07 Å². The van der Waals surface area contributed by atoms with Crippen molar-refractivity contribution in [3.8, 4) is 11.8 Å². The average molecular weight is 854 g/mol. The zero-order chi connectivity index (χ0) is 42.8. The number of carbonyl (C=O) groups excluding carboxylic acids is 4. The van der Waals surface area contributed by atoms with Gasteiger partial charge >= 0.3 is 6.18 Å². The third-order valence-electron chi connectivity index (χ3n) is 10.6. The number of aromatic nitrogens is 1. The Morgan fingerprint density at radius 3 is 2.47 bits per heavy atom. The van der Waals surface area contributed by atoms with Crippen LogP contribution in [0.15, 0.2) is 48.7 Å². The predicted octanol–water partition coefficient (Wildman–Crippen LogP) is 5.35. The van der Waals surface area contributed by atoms with E-state index in [1.54, 1.807) is 49.1 Å². The van der Waals surface area contributed by atoms with E-state index in [0.717, 1.165) is 16.7 Å². The molecule has 59 heavy (non-hydrogen) atoms. The van der Waals surface area contributed by atoms with E-state index in [-0.39, 0.29) is 29.0 Å². The number of hydrogen-bond donors (Lipinski definition) is 3. The lowest BCUT2D eigenvalue weighted by molar-refractivity contribution is -0.138. The van der Waals surface area contributed by atoms with Gasteiger partial charge in [-0.3, -0.25) is 39.2 Å². The van der Waals surface area contributed by atoms with Crippen molar-refractivity contribution < 1.29 is 37.1 Å². The van der Waals surface area contributed by atoms with Crippen LogP contribution < -0.4 is 30.5 Å². The molecule has 2 aromatic carbocycles. The van der Waals surface area contributed by atoms with Gasteiger partial charge in [0.05, 0.1) is 23.5 Å². The number of ether oxygens (including phenoxy) is 1. The van der Waals surface area contributed by atoms with Gasteiger partial charge in [-0.2, -0.15) is 18.4 Å². The van der Waals surface area contributed by atoms with Gasteiger partial charge in [-0.15, -0.1) is 0 Å².